The van der Waals surface area contributed by atoms with Crippen molar-refractivity contribution in [2.75, 3.05) is 13.7 Å². The van der Waals surface area contributed by atoms with Gasteiger partial charge in [0.25, 0.3) is 0 Å². The molecular formula is C12H17NO2. The Kier molecular flexibility index (Phi) is 4.18. The molecule has 0 aliphatic carbocycles. The molecule has 0 aliphatic heterocycles. The second-order valence-corrected chi connectivity index (χ2v) is 3.10. The van der Waals surface area contributed by atoms with Crippen LogP contribution in [-0.2, 0) is 0 Å². The molecule has 0 unspecified atom stereocenters. The van der Waals surface area contributed by atoms with Gasteiger partial charge in [0.05, 0.1) is 13.7 Å². The van der Waals surface area contributed by atoms with Crippen molar-refractivity contribution in [3.8, 4) is 11.5 Å². The molecule has 1 rings (SSSR count). The van der Waals surface area contributed by atoms with Crippen molar-refractivity contribution in [2.45, 2.75) is 13.0 Å². The summed E-state index contributed by atoms with van der Waals surface area (Å²) < 4.78 is 10.6. The number of benzene rings is 1. The minimum atomic E-state index is -0.172. The zero-order chi connectivity index (χ0) is 11.3. The van der Waals surface area contributed by atoms with Crippen molar-refractivity contribution in [1.82, 2.24) is 0 Å². The normalized spacial score (nSPS) is 11.9. The molecule has 0 spiro atoms. The monoisotopic (exact) mass is 207 g/mol. The molecule has 3 heteroatoms. The molecule has 0 saturated heterocycles. The first-order valence-corrected chi connectivity index (χ1v) is 4.91. The van der Waals surface area contributed by atoms with Crippen molar-refractivity contribution >= 4 is 0 Å². The molecule has 82 valence electrons. The summed E-state index contributed by atoms with van der Waals surface area (Å²) in [5, 5.41) is 0. The molecule has 15 heavy (non-hydrogen) atoms. The highest BCUT2D eigenvalue weighted by Gasteiger charge is 2.08. The van der Waals surface area contributed by atoms with Crippen molar-refractivity contribution in [3.05, 3.63) is 36.4 Å². The van der Waals surface area contributed by atoms with Gasteiger partial charge in [-0.05, 0) is 24.6 Å². The van der Waals surface area contributed by atoms with Gasteiger partial charge in [0.2, 0.25) is 0 Å². The van der Waals surface area contributed by atoms with Crippen LogP contribution in [0.1, 0.15) is 18.5 Å². The van der Waals surface area contributed by atoms with E-state index in [0.717, 1.165) is 11.3 Å². The Balaban J connectivity index is 3.01. The van der Waals surface area contributed by atoms with E-state index in [1.807, 2.05) is 25.1 Å². The summed E-state index contributed by atoms with van der Waals surface area (Å²) in [5.41, 5.74) is 6.79. The van der Waals surface area contributed by atoms with E-state index < -0.39 is 0 Å². The largest absolute Gasteiger partial charge is 0.493 e. The van der Waals surface area contributed by atoms with E-state index in [4.69, 9.17) is 15.2 Å². The molecule has 0 bridgehead atoms. The van der Waals surface area contributed by atoms with Crippen molar-refractivity contribution in [3.63, 3.8) is 0 Å². The number of nitrogens with two attached hydrogens (primary N) is 1. The Labute approximate surface area is 90.5 Å². The minimum Gasteiger partial charge on any atom is -0.493 e. The summed E-state index contributed by atoms with van der Waals surface area (Å²) in [6.07, 6.45) is 1.69. The molecule has 0 amide bonds. The maximum atomic E-state index is 5.83. The highest BCUT2D eigenvalue weighted by atomic mass is 16.5. The van der Waals surface area contributed by atoms with Crippen molar-refractivity contribution in [1.29, 1.82) is 0 Å². The summed E-state index contributed by atoms with van der Waals surface area (Å²) in [5.74, 6) is 1.44. The van der Waals surface area contributed by atoms with Crippen LogP contribution in [0.3, 0.4) is 0 Å². The molecule has 1 aromatic carbocycles. The fourth-order valence-corrected chi connectivity index (χ4v) is 1.30. The van der Waals surface area contributed by atoms with Crippen LogP contribution < -0.4 is 15.2 Å². The van der Waals surface area contributed by atoms with E-state index in [1.165, 1.54) is 0 Å². The first kappa shape index (κ1) is 11.6. The van der Waals surface area contributed by atoms with Gasteiger partial charge in [-0.3, -0.25) is 0 Å². The van der Waals surface area contributed by atoms with Gasteiger partial charge in [-0.1, -0.05) is 12.1 Å². The van der Waals surface area contributed by atoms with Crippen molar-refractivity contribution < 1.29 is 9.47 Å². The SMILES string of the molecule is C=C[C@H](N)c1ccc(OCC)c(OC)c1. The number of hydrogen-bond donors (Lipinski definition) is 1. The average molecular weight is 207 g/mol. The lowest BCUT2D eigenvalue weighted by molar-refractivity contribution is 0.310. The Morgan fingerprint density at radius 2 is 2.20 bits per heavy atom. The molecule has 3 nitrogen and oxygen atoms in total. The van der Waals surface area contributed by atoms with Crippen LogP contribution >= 0.6 is 0 Å². The predicted octanol–water partition coefficient (Wildman–Crippen LogP) is 2.28. The molecule has 0 aromatic heterocycles. The third kappa shape index (κ3) is 2.73. The molecule has 0 radical (unpaired) electrons. The van der Waals surface area contributed by atoms with E-state index in [9.17, 15) is 0 Å². The Bertz CT molecular complexity index is 336. The second kappa shape index (κ2) is 5.41. The number of hydrogen-bond acceptors (Lipinski definition) is 3. The minimum absolute atomic E-state index is 0.172. The van der Waals surface area contributed by atoms with E-state index in [1.54, 1.807) is 13.2 Å². The Hall–Kier alpha value is -1.48. The third-order valence-corrected chi connectivity index (χ3v) is 2.13. The van der Waals surface area contributed by atoms with E-state index in [0.29, 0.717) is 12.4 Å². The number of ether oxygens (including phenoxy) is 2. The first-order chi connectivity index (χ1) is 7.22. The standard InChI is InChI=1S/C12H17NO2/c1-4-10(13)9-6-7-11(15-5-2)12(8-9)14-3/h4,6-8,10H,1,5,13H2,2-3H3/t10-/m0/s1. The fraction of sp³-hybridized carbons (Fsp3) is 0.333. The summed E-state index contributed by atoms with van der Waals surface area (Å²) in [4.78, 5) is 0. The van der Waals surface area contributed by atoms with Gasteiger partial charge >= 0.3 is 0 Å². The van der Waals surface area contributed by atoms with Crippen LogP contribution in [0.5, 0.6) is 11.5 Å². The summed E-state index contributed by atoms with van der Waals surface area (Å²) >= 11 is 0. The molecule has 0 heterocycles. The van der Waals surface area contributed by atoms with Crippen LogP contribution in [0.2, 0.25) is 0 Å². The highest BCUT2D eigenvalue weighted by molar-refractivity contribution is 5.44. The highest BCUT2D eigenvalue weighted by Crippen LogP contribution is 2.29. The molecular weight excluding hydrogens is 190 g/mol. The summed E-state index contributed by atoms with van der Waals surface area (Å²) in [6.45, 7) is 6.20. The molecule has 0 fully saturated rings. The topological polar surface area (TPSA) is 44.5 Å². The van der Waals surface area contributed by atoms with Gasteiger partial charge in [-0.2, -0.15) is 0 Å². The second-order valence-electron chi connectivity index (χ2n) is 3.10. The fourth-order valence-electron chi connectivity index (χ4n) is 1.30. The van der Waals surface area contributed by atoms with Gasteiger partial charge < -0.3 is 15.2 Å². The Morgan fingerprint density at radius 1 is 1.47 bits per heavy atom. The number of methoxy groups -OCH3 is 1. The van der Waals surface area contributed by atoms with Crippen LogP contribution in [0.15, 0.2) is 30.9 Å². The maximum absolute atomic E-state index is 5.83. The third-order valence-electron chi connectivity index (χ3n) is 2.13. The zero-order valence-electron chi connectivity index (χ0n) is 9.19. The number of rotatable bonds is 5. The first-order valence-electron chi connectivity index (χ1n) is 4.91. The maximum Gasteiger partial charge on any atom is 0.161 e. The molecule has 1 aromatic rings. The quantitative estimate of drug-likeness (QED) is 0.753. The lowest BCUT2D eigenvalue weighted by Gasteiger charge is -2.12. The van der Waals surface area contributed by atoms with Crippen molar-refractivity contribution in [2.24, 2.45) is 5.73 Å². The predicted molar refractivity (Wildman–Crippen MR) is 61.3 cm³/mol. The van der Waals surface area contributed by atoms with Crippen LogP contribution in [0.4, 0.5) is 0 Å². The zero-order valence-corrected chi connectivity index (χ0v) is 9.19. The van der Waals surface area contributed by atoms with Gasteiger partial charge in [-0.25, -0.2) is 0 Å². The van der Waals surface area contributed by atoms with Gasteiger partial charge in [-0.15, -0.1) is 6.58 Å². The Morgan fingerprint density at radius 3 is 2.73 bits per heavy atom. The summed E-state index contributed by atoms with van der Waals surface area (Å²) in [6, 6.07) is 5.48. The van der Waals surface area contributed by atoms with E-state index >= 15 is 0 Å². The lowest BCUT2D eigenvalue weighted by Crippen LogP contribution is -2.07. The van der Waals surface area contributed by atoms with Crippen LogP contribution in [0, 0.1) is 0 Å². The molecule has 0 saturated carbocycles. The van der Waals surface area contributed by atoms with Gasteiger partial charge in [0.15, 0.2) is 11.5 Å². The molecule has 0 aliphatic rings. The van der Waals surface area contributed by atoms with E-state index in [-0.39, 0.29) is 6.04 Å². The van der Waals surface area contributed by atoms with E-state index in [2.05, 4.69) is 6.58 Å². The molecule has 1 atom stereocenters. The average Bonchev–Trinajstić information content (AvgIpc) is 2.29. The summed E-state index contributed by atoms with van der Waals surface area (Å²) in [7, 11) is 1.61. The molecule has 2 N–H and O–H groups in total. The van der Waals surface area contributed by atoms with Crippen LogP contribution in [0.25, 0.3) is 0 Å². The lowest BCUT2D eigenvalue weighted by atomic mass is 10.1. The van der Waals surface area contributed by atoms with Crippen LogP contribution in [-0.4, -0.2) is 13.7 Å². The smallest absolute Gasteiger partial charge is 0.161 e. The van der Waals surface area contributed by atoms with Gasteiger partial charge in [0, 0.05) is 6.04 Å². The van der Waals surface area contributed by atoms with Gasteiger partial charge in [0.1, 0.15) is 0 Å².